The van der Waals surface area contributed by atoms with E-state index in [1.54, 1.807) is 32.4 Å². The van der Waals surface area contributed by atoms with Gasteiger partial charge in [0.05, 0.1) is 14.2 Å². The van der Waals surface area contributed by atoms with Crippen molar-refractivity contribution >= 4 is 11.7 Å². The smallest absolute Gasteiger partial charge is 0.321 e. The number of amides is 2. The van der Waals surface area contributed by atoms with Gasteiger partial charge in [-0.25, -0.2) is 4.79 Å². The van der Waals surface area contributed by atoms with Gasteiger partial charge in [-0.3, -0.25) is 4.90 Å². The van der Waals surface area contributed by atoms with E-state index in [2.05, 4.69) is 38.0 Å². The zero-order chi connectivity index (χ0) is 17.9. The summed E-state index contributed by atoms with van der Waals surface area (Å²) < 4.78 is 10.5. The fourth-order valence-corrected chi connectivity index (χ4v) is 3.08. The first-order valence-electron chi connectivity index (χ1n) is 8.24. The number of benzene rings is 1. The molecular formula is C18H29N3O3. The van der Waals surface area contributed by atoms with Crippen LogP contribution in [0.1, 0.15) is 20.8 Å². The van der Waals surface area contributed by atoms with Crippen LogP contribution in [-0.4, -0.2) is 62.8 Å². The average molecular weight is 335 g/mol. The van der Waals surface area contributed by atoms with Crippen molar-refractivity contribution in [2.75, 3.05) is 46.2 Å². The first-order chi connectivity index (χ1) is 11.2. The Morgan fingerprint density at radius 3 is 2.21 bits per heavy atom. The molecule has 1 aromatic rings. The second kappa shape index (κ2) is 7.30. The summed E-state index contributed by atoms with van der Waals surface area (Å²) in [5.41, 5.74) is 0.787. The van der Waals surface area contributed by atoms with Crippen LogP contribution in [-0.2, 0) is 0 Å². The third-order valence-electron chi connectivity index (χ3n) is 4.54. The molecule has 1 N–H and O–H groups in total. The minimum atomic E-state index is -0.0901. The Labute approximate surface area is 144 Å². The predicted molar refractivity (Wildman–Crippen MR) is 96.0 cm³/mol. The highest BCUT2D eigenvalue weighted by Gasteiger charge is 2.35. The second-order valence-electron chi connectivity index (χ2n) is 7.34. The molecule has 1 aliphatic rings. The molecule has 1 atom stereocenters. The van der Waals surface area contributed by atoms with E-state index in [4.69, 9.17) is 9.47 Å². The zero-order valence-corrected chi connectivity index (χ0v) is 15.5. The number of rotatable bonds is 3. The van der Waals surface area contributed by atoms with Gasteiger partial charge in [-0.05, 0) is 12.5 Å². The molecule has 1 unspecified atom stereocenters. The lowest BCUT2D eigenvalue weighted by atomic mass is 9.84. The molecule has 1 aromatic carbocycles. The molecule has 0 aromatic heterocycles. The minimum Gasteiger partial charge on any atom is -0.497 e. The number of ether oxygens (including phenoxy) is 2. The molecular weight excluding hydrogens is 306 g/mol. The van der Waals surface area contributed by atoms with E-state index in [9.17, 15) is 4.79 Å². The summed E-state index contributed by atoms with van der Waals surface area (Å²) in [6.45, 7) is 8.94. The van der Waals surface area contributed by atoms with Gasteiger partial charge in [0.25, 0.3) is 0 Å². The Morgan fingerprint density at radius 1 is 1.12 bits per heavy atom. The highest BCUT2D eigenvalue weighted by atomic mass is 16.5. The van der Waals surface area contributed by atoms with E-state index < -0.39 is 0 Å². The Hall–Kier alpha value is -1.95. The van der Waals surface area contributed by atoms with Crippen molar-refractivity contribution < 1.29 is 14.3 Å². The fraction of sp³-hybridized carbons (Fsp3) is 0.611. The maximum absolute atomic E-state index is 12.7. The quantitative estimate of drug-likeness (QED) is 0.923. The van der Waals surface area contributed by atoms with Crippen LogP contribution < -0.4 is 14.8 Å². The number of carbonyl (C=O) groups is 1. The Kier molecular flexibility index (Phi) is 5.59. The van der Waals surface area contributed by atoms with Gasteiger partial charge in [0.2, 0.25) is 0 Å². The maximum Gasteiger partial charge on any atom is 0.321 e. The van der Waals surface area contributed by atoms with E-state index in [1.165, 1.54) is 0 Å². The third kappa shape index (κ3) is 4.32. The van der Waals surface area contributed by atoms with Crippen molar-refractivity contribution in [3.8, 4) is 11.5 Å². The molecule has 2 amide bonds. The number of carbonyl (C=O) groups excluding carboxylic acids is 1. The molecule has 0 spiro atoms. The summed E-state index contributed by atoms with van der Waals surface area (Å²) in [6.07, 6.45) is 0. The number of hydrogen-bond donors (Lipinski definition) is 1. The van der Waals surface area contributed by atoms with Gasteiger partial charge in [-0.15, -0.1) is 0 Å². The number of nitrogens with zero attached hydrogens (tertiary/aromatic N) is 2. The van der Waals surface area contributed by atoms with Crippen LogP contribution in [0.3, 0.4) is 0 Å². The third-order valence-corrected chi connectivity index (χ3v) is 4.54. The first-order valence-corrected chi connectivity index (χ1v) is 8.24. The molecule has 0 radical (unpaired) electrons. The SMILES string of the molecule is COc1cc(NC(=O)N2CCN(C)C(C(C)(C)C)C2)cc(OC)c1. The van der Waals surface area contributed by atoms with E-state index in [1.807, 2.05) is 4.90 Å². The van der Waals surface area contributed by atoms with E-state index >= 15 is 0 Å². The lowest BCUT2D eigenvalue weighted by Crippen LogP contribution is -2.58. The molecule has 1 fully saturated rings. The number of nitrogens with one attached hydrogen (secondary N) is 1. The molecule has 0 aliphatic carbocycles. The van der Waals surface area contributed by atoms with Crippen LogP contribution in [0.4, 0.5) is 10.5 Å². The number of methoxy groups -OCH3 is 2. The summed E-state index contributed by atoms with van der Waals surface area (Å²) >= 11 is 0. The van der Waals surface area contributed by atoms with Gasteiger partial charge in [0.15, 0.2) is 0 Å². The van der Waals surface area contributed by atoms with Crippen LogP contribution in [0.5, 0.6) is 11.5 Å². The predicted octanol–water partition coefficient (Wildman–Crippen LogP) is 2.90. The lowest BCUT2D eigenvalue weighted by molar-refractivity contribution is 0.0519. The average Bonchev–Trinajstić information content (AvgIpc) is 2.53. The zero-order valence-electron chi connectivity index (χ0n) is 15.5. The van der Waals surface area contributed by atoms with Crippen molar-refractivity contribution in [2.45, 2.75) is 26.8 Å². The minimum absolute atomic E-state index is 0.0901. The first kappa shape index (κ1) is 18.4. The van der Waals surface area contributed by atoms with Crippen molar-refractivity contribution in [1.29, 1.82) is 0 Å². The fourth-order valence-electron chi connectivity index (χ4n) is 3.08. The van der Waals surface area contributed by atoms with Gasteiger partial charge in [0.1, 0.15) is 11.5 Å². The van der Waals surface area contributed by atoms with E-state index in [0.29, 0.717) is 29.8 Å². The van der Waals surface area contributed by atoms with Gasteiger partial charge >= 0.3 is 6.03 Å². The monoisotopic (exact) mass is 335 g/mol. The van der Waals surface area contributed by atoms with Gasteiger partial charge in [0, 0.05) is 49.6 Å². The number of urea groups is 1. The number of piperazine rings is 1. The largest absolute Gasteiger partial charge is 0.497 e. The van der Waals surface area contributed by atoms with Crippen LogP contribution in [0.2, 0.25) is 0 Å². The maximum atomic E-state index is 12.7. The molecule has 0 saturated carbocycles. The van der Waals surface area contributed by atoms with Crippen LogP contribution >= 0.6 is 0 Å². The highest BCUT2D eigenvalue weighted by Crippen LogP contribution is 2.28. The lowest BCUT2D eigenvalue weighted by Gasteiger charge is -2.45. The molecule has 6 heteroatoms. The normalized spacial score (nSPS) is 19.1. The van der Waals surface area contributed by atoms with Crippen LogP contribution in [0, 0.1) is 5.41 Å². The van der Waals surface area contributed by atoms with Crippen molar-refractivity contribution in [2.24, 2.45) is 5.41 Å². The molecule has 1 saturated heterocycles. The van der Waals surface area contributed by atoms with Crippen molar-refractivity contribution in [3.63, 3.8) is 0 Å². The summed E-state index contributed by atoms with van der Waals surface area (Å²) in [4.78, 5) is 16.9. The van der Waals surface area contributed by atoms with Crippen molar-refractivity contribution in [1.82, 2.24) is 9.80 Å². The molecule has 1 aliphatic heterocycles. The van der Waals surface area contributed by atoms with Gasteiger partial charge < -0.3 is 19.7 Å². The molecule has 2 rings (SSSR count). The van der Waals surface area contributed by atoms with Gasteiger partial charge in [-0.1, -0.05) is 20.8 Å². The second-order valence-corrected chi connectivity index (χ2v) is 7.34. The summed E-state index contributed by atoms with van der Waals surface area (Å²) in [6, 6.07) is 5.60. The summed E-state index contributed by atoms with van der Waals surface area (Å²) in [5, 5.41) is 2.96. The van der Waals surface area contributed by atoms with Crippen LogP contribution in [0.15, 0.2) is 18.2 Å². The Balaban J connectivity index is 2.09. The molecule has 1 heterocycles. The van der Waals surface area contributed by atoms with E-state index in [0.717, 1.165) is 13.1 Å². The van der Waals surface area contributed by atoms with Crippen LogP contribution in [0.25, 0.3) is 0 Å². The molecule has 6 nitrogen and oxygen atoms in total. The number of anilines is 1. The summed E-state index contributed by atoms with van der Waals surface area (Å²) in [7, 11) is 5.31. The molecule has 24 heavy (non-hydrogen) atoms. The Morgan fingerprint density at radius 2 is 1.71 bits per heavy atom. The van der Waals surface area contributed by atoms with E-state index in [-0.39, 0.29) is 11.4 Å². The molecule has 134 valence electrons. The highest BCUT2D eigenvalue weighted by molar-refractivity contribution is 5.90. The number of hydrogen-bond acceptors (Lipinski definition) is 4. The Bertz CT molecular complexity index is 561. The topological polar surface area (TPSA) is 54.0 Å². The summed E-state index contributed by atoms with van der Waals surface area (Å²) in [5.74, 6) is 1.30. The van der Waals surface area contributed by atoms with Gasteiger partial charge in [-0.2, -0.15) is 0 Å². The standard InChI is InChI=1S/C18H29N3O3/c1-18(2,3)16-12-21(8-7-20(16)4)17(22)19-13-9-14(23-5)11-15(10-13)24-6/h9-11,16H,7-8,12H2,1-6H3,(H,19,22). The number of likely N-dealkylation sites (N-methyl/N-ethyl adjacent to an activating group) is 1. The van der Waals surface area contributed by atoms with Crippen molar-refractivity contribution in [3.05, 3.63) is 18.2 Å². The molecule has 0 bridgehead atoms.